The number of carbonyl (C=O) groups is 1. The molecular formula is C24H29N7O. The molecule has 166 valence electrons. The van der Waals surface area contributed by atoms with Gasteiger partial charge in [0.15, 0.2) is 5.65 Å². The fourth-order valence-corrected chi connectivity index (χ4v) is 3.99. The Bertz CT molecular complexity index is 1160. The van der Waals surface area contributed by atoms with Crippen LogP contribution in [0.5, 0.6) is 0 Å². The minimum Gasteiger partial charge on any atom is -0.304 e. The maximum Gasteiger partial charge on any atom is 0.235 e. The van der Waals surface area contributed by atoms with Crippen molar-refractivity contribution < 1.29 is 4.79 Å². The van der Waals surface area contributed by atoms with Crippen LogP contribution < -0.4 is 0 Å². The van der Waals surface area contributed by atoms with Gasteiger partial charge in [0, 0.05) is 43.9 Å². The van der Waals surface area contributed by atoms with Crippen molar-refractivity contribution in [2.75, 3.05) is 33.2 Å². The number of aromatic nitrogens is 4. The average molecular weight is 432 g/mol. The maximum atomic E-state index is 13.4. The molecule has 1 fully saturated rings. The van der Waals surface area contributed by atoms with Crippen LogP contribution in [0.25, 0.3) is 5.65 Å². The minimum atomic E-state index is -0.139. The van der Waals surface area contributed by atoms with E-state index in [0.29, 0.717) is 23.3 Å². The summed E-state index contributed by atoms with van der Waals surface area (Å²) >= 11 is 0. The summed E-state index contributed by atoms with van der Waals surface area (Å²) in [6.07, 6.45) is 2.06. The Morgan fingerprint density at radius 2 is 1.81 bits per heavy atom. The summed E-state index contributed by atoms with van der Waals surface area (Å²) in [6, 6.07) is 9.78. The molecule has 32 heavy (non-hydrogen) atoms. The van der Waals surface area contributed by atoms with Gasteiger partial charge in [-0.05, 0) is 24.4 Å². The second-order valence-corrected chi connectivity index (χ2v) is 9.73. The molecule has 0 atom stereocenters. The lowest BCUT2D eigenvalue weighted by Gasteiger charge is -2.32. The molecule has 0 unspecified atom stereocenters. The second-order valence-electron chi connectivity index (χ2n) is 9.73. The predicted molar refractivity (Wildman–Crippen MR) is 121 cm³/mol. The molecule has 1 aliphatic heterocycles. The first kappa shape index (κ1) is 22.1. The zero-order chi connectivity index (χ0) is 22.9. The number of rotatable bonds is 5. The molecule has 0 bridgehead atoms. The normalized spacial score (nSPS) is 15.7. The van der Waals surface area contributed by atoms with Gasteiger partial charge in [-0.25, -0.2) is 9.50 Å². The molecule has 0 radical (unpaired) electrons. The van der Waals surface area contributed by atoms with Crippen molar-refractivity contribution in [1.82, 2.24) is 29.4 Å². The Hall–Kier alpha value is -3.15. The molecule has 3 heterocycles. The molecule has 0 aliphatic carbocycles. The third-order valence-electron chi connectivity index (χ3n) is 5.72. The van der Waals surface area contributed by atoms with E-state index in [-0.39, 0.29) is 17.0 Å². The Morgan fingerprint density at radius 1 is 1.12 bits per heavy atom. The van der Waals surface area contributed by atoms with Crippen molar-refractivity contribution in [1.29, 1.82) is 5.26 Å². The van der Waals surface area contributed by atoms with E-state index >= 15 is 0 Å². The van der Waals surface area contributed by atoms with Gasteiger partial charge in [0.05, 0.1) is 0 Å². The minimum absolute atomic E-state index is 0.0693. The number of likely N-dealkylation sites (N-methyl/N-ethyl adjacent to an activating group) is 1. The Balaban J connectivity index is 1.61. The molecular weight excluding hydrogens is 402 g/mol. The van der Waals surface area contributed by atoms with Gasteiger partial charge in [0.25, 0.3) is 0 Å². The van der Waals surface area contributed by atoms with Gasteiger partial charge in [0.2, 0.25) is 11.6 Å². The second kappa shape index (κ2) is 8.77. The van der Waals surface area contributed by atoms with Gasteiger partial charge in [-0.1, -0.05) is 45.0 Å². The van der Waals surface area contributed by atoms with Crippen LogP contribution >= 0.6 is 0 Å². The molecule has 8 nitrogen and oxygen atoms in total. The van der Waals surface area contributed by atoms with Crippen molar-refractivity contribution in [3.05, 3.63) is 58.8 Å². The van der Waals surface area contributed by atoms with Crippen LogP contribution in [0, 0.1) is 16.7 Å². The number of hydrogen-bond acceptors (Lipinski definition) is 7. The van der Waals surface area contributed by atoms with Gasteiger partial charge in [0.1, 0.15) is 18.1 Å². The summed E-state index contributed by atoms with van der Waals surface area (Å²) in [5, 5.41) is 13.7. The predicted octanol–water partition coefficient (Wildman–Crippen LogP) is 2.56. The zero-order valence-electron chi connectivity index (χ0n) is 19.2. The lowest BCUT2D eigenvalue weighted by molar-refractivity contribution is 0.103. The van der Waals surface area contributed by atoms with Crippen molar-refractivity contribution >= 4 is 11.4 Å². The number of piperazine rings is 1. The SMILES string of the molecule is CN1CCN(Cc2ccc(C(=O)c3nn4cnc(C#N)nc4c3CC(C)(C)C)cc2)CC1. The first-order valence-corrected chi connectivity index (χ1v) is 10.9. The first-order valence-electron chi connectivity index (χ1n) is 10.9. The van der Waals surface area contributed by atoms with Crippen LogP contribution in [-0.2, 0) is 13.0 Å². The topological polar surface area (TPSA) is 90.4 Å². The molecule has 0 amide bonds. The molecule has 1 aliphatic rings. The highest BCUT2D eigenvalue weighted by molar-refractivity contribution is 6.09. The molecule has 3 aromatic rings. The summed E-state index contributed by atoms with van der Waals surface area (Å²) in [7, 11) is 2.15. The summed E-state index contributed by atoms with van der Waals surface area (Å²) in [5.74, 6) is -0.0702. The highest BCUT2D eigenvalue weighted by atomic mass is 16.1. The van der Waals surface area contributed by atoms with Gasteiger partial charge in [-0.3, -0.25) is 9.69 Å². The van der Waals surface area contributed by atoms with E-state index in [2.05, 4.69) is 52.7 Å². The average Bonchev–Trinajstić information content (AvgIpc) is 3.11. The van der Waals surface area contributed by atoms with Gasteiger partial charge >= 0.3 is 0 Å². The van der Waals surface area contributed by atoms with E-state index in [1.54, 1.807) is 0 Å². The Morgan fingerprint density at radius 3 is 2.44 bits per heavy atom. The third-order valence-corrected chi connectivity index (χ3v) is 5.72. The number of nitriles is 1. The lowest BCUT2D eigenvalue weighted by Crippen LogP contribution is -2.43. The van der Waals surface area contributed by atoms with Gasteiger partial charge in [-0.2, -0.15) is 15.3 Å². The van der Waals surface area contributed by atoms with Gasteiger partial charge < -0.3 is 4.90 Å². The quantitative estimate of drug-likeness (QED) is 0.574. The van der Waals surface area contributed by atoms with E-state index in [0.717, 1.165) is 38.3 Å². The summed E-state index contributed by atoms with van der Waals surface area (Å²) in [5.41, 5.74) is 3.35. The molecule has 8 heteroatoms. The van der Waals surface area contributed by atoms with E-state index in [1.807, 2.05) is 30.3 Å². The van der Waals surface area contributed by atoms with Crippen molar-refractivity contribution in [2.24, 2.45) is 5.41 Å². The van der Waals surface area contributed by atoms with Crippen molar-refractivity contribution in [2.45, 2.75) is 33.7 Å². The molecule has 1 saturated heterocycles. The smallest absolute Gasteiger partial charge is 0.235 e. The molecule has 0 saturated carbocycles. The van der Waals surface area contributed by atoms with Crippen LogP contribution in [0.2, 0.25) is 0 Å². The first-order chi connectivity index (χ1) is 15.2. The largest absolute Gasteiger partial charge is 0.304 e. The molecule has 0 spiro atoms. The lowest BCUT2D eigenvalue weighted by atomic mass is 9.87. The fourth-order valence-electron chi connectivity index (χ4n) is 3.99. The Labute approximate surface area is 188 Å². The molecule has 4 rings (SSSR count). The number of nitrogens with zero attached hydrogens (tertiary/aromatic N) is 7. The molecule has 1 aromatic carbocycles. The molecule has 2 aromatic heterocycles. The van der Waals surface area contributed by atoms with Crippen LogP contribution in [0.3, 0.4) is 0 Å². The number of fused-ring (bicyclic) bond motifs is 1. The van der Waals surface area contributed by atoms with Crippen LogP contribution in [-0.4, -0.2) is 68.4 Å². The van der Waals surface area contributed by atoms with Crippen LogP contribution in [0.15, 0.2) is 30.6 Å². The van der Waals surface area contributed by atoms with Crippen molar-refractivity contribution in [3.8, 4) is 6.07 Å². The zero-order valence-corrected chi connectivity index (χ0v) is 19.2. The fraction of sp³-hybridized carbons (Fsp3) is 0.458. The van der Waals surface area contributed by atoms with E-state index < -0.39 is 0 Å². The standard InChI is InChI=1S/C24H29N7O/c1-24(2,3)13-19-21(28-31-16-26-20(14-25)27-23(19)31)22(32)18-7-5-17(6-8-18)15-30-11-9-29(4)10-12-30/h5-8,16H,9-13,15H2,1-4H3. The number of benzene rings is 1. The highest BCUT2D eigenvalue weighted by Gasteiger charge is 2.26. The summed E-state index contributed by atoms with van der Waals surface area (Å²) in [4.78, 5) is 26.5. The van der Waals surface area contributed by atoms with Crippen LogP contribution in [0.1, 0.15) is 53.8 Å². The van der Waals surface area contributed by atoms with Crippen molar-refractivity contribution in [3.63, 3.8) is 0 Å². The van der Waals surface area contributed by atoms with E-state index in [9.17, 15) is 10.1 Å². The van der Waals surface area contributed by atoms with E-state index in [1.165, 1.54) is 16.4 Å². The van der Waals surface area contributed by atoms with Crippen LogP contribution in [0.4, 0.5) is 0 Å². The third kappa shape index (κ3) is 4.85. The number of hydrogen-bond donors (Lipinski definition) is 0. The monoisotopic (exact) mass is 431 g/mol. The highest BCUT2D eigenvalue weighted by Crippen LogP contribution is 2.27. The van der Waals surface area contributed by atoms with E-state index in [4.69, 9.17) is 0 Å². The number of ketones is 1. The Kier molecular flexibility index (Phi) is 6.04. The van der Waals surface area contributed by atoms with Gasteiger partial charge in [-0.15, -0.1) is 0 Å². The summed E-state index contributed by atoms with van der Waals surface area (Å²) in [6.45, 7) is 11.5. The summed E-state index contributed by atoms with van der Waals surface area (Å²) < 4.78 is 1.50. The molecule has 0 N–H and O–H groups in total. The number of carbonyl (C=O) groups excluding carboxylic acids is 1. The maximum absolute atomic E-state index is 13.4.